The number of benzene rings is 2. The highest BCUT2D eigenvalue weighted by Gasteiger charge is 2.23. The molecular formula is C19H15IN2O6. The molecule has 0 spiro atoms. The van der Waals surface area contributed by atoms with Crippen molar-refractivity contribution in [1.29, 1.82) is 0 Å². The first-order chi connectivity index (χ1) is 13.4. The Balaban J connectivity index is 1.83. The molecular weight excluding hydrogens is 479 g/mol. The Morgan fingerprint density at radius 2 is 2.00 bits per heavy atom. The third-order valence-electron chi connectivity index (χ3n) is 3.84. The summed E-state index contributed by atoms with van der Waals surface area (Å²) in [5.74, 6) is -0.573. The van der Waals surface area contributed by atoms with Crippen LogP contribution < -0.4 is 20.1 Å². The van der Waals surface area contributed by atoms with Crippen molar-refractivity contribution >= 4 is 46.6 Å². The molecule has 1 saturated heterocycles. The summed E-state index contributed by atoms with van der Waals surface area (Å²) < 4.78 is 12.0. The molecule has 1 heterocycles. The van der Waals surface area contributed by atoms with Gasteiger partial charge in [0.2, 0.25) is 0 Å². The van der Waals surface area contributed by atoms with E-state index in [4.69, 9.17) is 14.6 Å². The van der Waals surface area contributed by atoms with Crippen LogP contribution in [0.1, 0.15) is 21.5 Å². The Bertz CT molecular complexity index is 1000. The number of imide groups is 1. The zero-order valence-corrected chi connectivity index (χ0v) is 16.8. The second kappa shape index (κ2) is 8.30. The van der Waals surface area contributed by atoms with Gasteiger partial charge >= 0.3 is 12.0 Å². The summed E-state index contributed by atoms with van der Waals surface area (Å²) in [5.41, 5.74) is 1.67. The van der Waals surface area contributed by atoms with Crippen LogP contribution in [0.25, 0.3) is 6.08 Å². The number of hydrogen-bond donors (Lipinski definition) is 3. The number of halogens is 1. The molecule has 3 amide bonds. The summed E-state index contributed by atoms with van der Waals surface area (Å²) in [6.07, 6.45) is 1.53. The number of nitrogens with one attached hydrogen (secondary N) is 2. The molecule has 0 saturated carbocycles. The fourth-order valence-electron chi connectivity index (χ4n) is 2.56. The minimum atomic E-state index is -1.01. The van der Waals surface area contributed by atoms with E-state index in [0.29, 0.717) is 22.6 Å². The van der Waals surface area contributed by atoms with Gasteiger partial charge in [-0.3, -0.25) is 10.1 Å². The number of amides is 3. The molecule has 2 aromatic rings. The van der Waals surface area contributed by atoms with Gasteiger partial charge in [0.15, 0.2) is 11.5 Å². The van der Waals surface area contributed by atoms with Gasteiger partial charge in [0.05, 0.1) is 16.2 Å². The van der Waals surface area contributed by atoms with Crippen molar-refractivity contribution in [2.24, 2.45) is 0 Å². The van der Waals surface area contributed by atoms with E-state index in [2.05, 4.69) is 33.2 Å². The molecule has 1 aliphatic rings. The molecule has 9 heteroatoms. The van der Waals surface area contributed by atoms with E-state index < -0.39 is 17.9 Å². The van der Waals surface area contributed by atoms with Crippen LogP contribution in [0.15, 0.2) is 42.1 Å². The molecule has 1 aliphatic heterocycles. The van der Waals surface area contributed by atoms with E-state index in [-0.39, 0.29) is 17.9 Å². The van der Waals surface area contributed by atoms with Crippen LogP contribution >= 0.6 is 22.6 Å². The molecule has 0 unspecified atom stereocenters. The van der Waals surface area contributed by atoms with Crippen molar-refractivity contribution in [2.75, 3.05) is 7.11 Å². The van der Waals surface area contributed by atoms with E-state index >= 15 is 0 Å². The number of ether oxygens (including phenoxy) is 2. The molecule has 0 aromatic heterocycles. The fourth-order valence-corrected chi connectivity index (χ4v) is 3.34. The summed E-state index contributed by atoms with van der Waals surface area (Å²) in [6, 6.07) is 9.36. The van der Waals surface area contributed by atoms with Crippen LogP contribution in [0.3, 0.4) is 0 Å². The molecule has 8 nitrogen and oxygen atoms in total. The third-order valence-corrected chi connectivity index (χ3v) is 4.64. The minimum Gasteiger partial charge on any atom is -0.493 e. The van der Waals surface area contributed by atoms with Gasteiger partial charge in [-0.15, -0.1) is 0 Å². The summed E-state index contributed by atoms with van der Waals surface area (Å²) in [5, 5.41) is 13.6. The number of carbonyl (C=O) groups excluding carboxylic acids is 2. The van der Waals surface area contributed by atoms with Gasteiger partial charge in [0.1, 0.15) is 12.3 Å². The molecule has 0 aliphatic carbocycles. The summed E-state index contributed by atoms with van der Waals surface area (Å²) >= 11 is 2.07. The smallest absolute Gasteiger partial charge is 0.335 e. The minimum absolute atomic E-state index is 0.141. The third kappa shape index (κ3) is 4.42. The summed E-state index contributed by atoms with van der Waals surface area (Å²) in [6.45, 7) is 0.159. The van der Waals surface area contributed by atoms with Crippen LogP contribution in [0, 0.1) is 3.57 Å². The van der Waals surface area contributed by atoms with Crippen molar-refractivity contribution in [3.63, 3.8) is 0 Å². The Morgan fingerprint density at radius 1 is 1.21 bits per heavy atom. The number of hydrogen-bond acceptors (Lipinski definition) is 5. The highest BCUT2D eigenvalue weighted by molar-refractivity contribution is 14.1. The normalized spacial score (nSPS) is 14.6. The Kier molecular flexibility index (Phi) is 5.83. The number of urea groups is 1. The van der Waals surface area contributed by atoms with Gasteiger partial charge in [0, 0.05) is 0 Å². The lowest BCUT2D eigenvalue weighted by Gasteiger charge is -2.14. The zero-order valence-electron chi connectivity index (χ0n) is 14.6. The molecule has 0 bridgehead atoms. The fraction of sp³-hybridized carbons (Fsp3) is 0.105. The topological polar surface area (TPSA) is 114 Å². The average molecular weight is 494 g/mol. The van der Waals surface area contributed by atoms with Gasteiger partial charge in [-0.2, -0.15) is 0 Å². The second-order valence-corrected chi connectivity index (χ2v) is 6.96. The van der Waals surface area contributed by atoms with E-state index in [0.717, 1.165) is 3.57 Å². The first-order valence-corrected chi connectivity index (χ1v) is 9.12. The number of aromatic carboxylic acids is 1. The maximum atomic E-state index is 11.7. The van der Waals surface area contributed by atoms with Gasteiger partial charge in [-0.05, 0) is 64.1 Å². The Hall–Kier alpha value is -3.08. The lowest BCUT2D eigenvalue weighted by molar-refractivity contribution is -0.115. The van der Waals surface area contributed by atoms with Crippen LogP contribution in [-0.2, 0) is 11.4 Å². The predicted octanol–water partition coefficient (Wildman–Crippen LogP) is 2.76. The van der Waals surface area contributed by atoms with Crippen molar-refractivity contribution in [3.05, 3.63) is 62.4 Å². The van der Waals surface area contributed by atoms with Crippen molar-refractivity contribution < 1.29 is 29.0 Å². The van der Waals surface area contributed by atoms with Crippen molar-refractivity contribution in [1.82, 2.24) is 10.6 Å². The first kappa shape index (κ1) is 19.7. The number of rotatable bonds is 6. The van der Waals surface area contributed by atoms with Gasteiger partial charge in [-0.25, -0.2) is 9.59 Å². The highest BCUT2D eigenvalue weighted by Crippen LogP contribution is 2.35. The summed E-state index contributed by atoms with van der Waals surface area (Å²) in [7, 11) is 1.49. The molecule has 28 heavy (non-hydrogen) atoms. The van der Waals surface area contributed by atoms with Crippen LogP contribution in [-0.4, -0.2) is 30.1 Å². The highest BCUT2D eigenvalue weighted by atomic mass is 127. The second-order valence-electron chi connectivity index (χ2n) is 5.79. The number of methoxy groups -OCH3 is 1. The van der Waals surface area contributed by atoms with Crippen molar-refractivity contribution in [3.8, 4) is 11.5 Å². The Labute approximate surface area is 173 Å². The van der Waals surface area contributed by atoms with Gasteiger partial charge in [0.25, 0.3) is 5.91 Å². The Morgan fingerprint density at radius 3 is 2.64 bits per heavy atom. The largest absolute Gasteiger partial charge is 0.493 e. The van der Waals surface area contributed by atoms with Gasteiger partial charge in [-0.1, -0.05) is 12.1 Å². The van der Waals surface area contributed by atoms with E-state index in [1.807, 2.05) is 0 Å². The predicted molar refractivity (Wildman–Crippen MR) is 108 cm³/mol. The zero-order chi connectivity index (χ0) is 20.3. The maximum absolute atomic E-state index is 11.7. The standard InChI is InChI=1S/C19H15IN2O6/c1-27-15-8-11(7-14-17(23)22-19(26)21-14)6-13(20)16(15)28-9-10-3-2-4-12(5-10)18(24)25/h2-8H,9H2,1H3,(H,24,25)(H2,21,22,23,26)/b14-7-. The monoisotopic (exact) mass is 494 g/mol. The number of carboxylic acid groups (broad SMARTS) is 1. The summed E-state index contributed by atoms with van der Waals surface area (Å²) in [4.78, 5) is 34.0. The lowest BCUT2D eigenvalue weighted by atomic mass is 10.1. The molecule has 3 rings (SSSR count). The SMILES string of the molecule is COc1cc(/C=C2\NC(=O)NC2=O)cc(I)c1OCc1cccc(C(=O)O)c1. The van der Waals surface area contributed by atoms with E-state index in [1.165, 1.54) is 19.3 Å². The number of carbonyl (C=O) groups is 3. The van der Waals surface area contributed by atoms with Crippen LogP contribution in [0.4, 0.5) is 4.79 Å². The molecule has 144 valence electrons. The van der Waals surface area contributed by atoms with Crippen molar-refractivity contribution in [2.45, 2.75) is 6.61 Å². The lowest BCUT2D eigenvalue weighted by Crippen LogP contribution is -2.22. The number of carboxylic acids is 1. The quantitative estimate of drug-likeness (QED) is 0.324. The van der Waals surface area contributed by atoms with Gasteiger partial charge < -0.3 is 19.9 Å². The molecule has 0 atom stereocenters. The first-order valence-electron chi connectivity index (χ1n) is 8.04. The molecule has 3 N–H and O–H groups in total. The molecule has 2 aromatic carbocycles. The van der Waals surface area contributed by atoms with Crippen LogP contribution in [0.5, 0.6) is 11.5 Å². The van der Waals surface area contributed by atoms with E-state index in [1.54, 1.807) is 30.3 Å². The maximum Gasteiger partial charge on any atom is 0.335 e. The van der Waals surface area contributed by atoms with Crippen LogP contribution in [0.2, 0.25) is 0 Å². The molecule has 1 fully saturated rings. The average Bonchev–Trinajstić information content (AvgIpc) is 2.97. The van der Waals surface area contributed by atoms with E-state index in [9.17, 15) is 14.4 Å². The molecule has 0 radical (unpaired) electrons.